The summed E-state index contributed by atoms with van der Waals surface area (Å²) in [4.78, 5) is 15.7. The monoisotopic (exact) mass is 500 g/mol. The first-order valence-corrected chi connectivity index (χ1v) is 10.4. The lowest BCUT2D eigenvalue weighted by Crippen LogP contribution is -2.43. The summed E-state index contributed by atoms with van der Waals surface area (Å²) in [6.07, 6.45) is -2.26. The molecule has 0 aliphatic carbocycles. The Morgan fingerprint density at radius 2 is 2.03 bits per heavy atom. The summed E-state index contributed by atoms with van der Waals surface area (Å²) in [5, 5.41) is 10.4. The lowest BCUT2D eigenvalue weighted by Gasteiger charge is -2.27. The van der Waals surface area contributed by atoms with E-state index in [-0.39, 0.29) is 47.4 Å². The fourth-order valence-corrected chi connectivity index (χ4v) is 3.36. The van der Waals surface area contributed by atoms with Crippen molar-refractivity contribution in [2.24, 2.45) is 0 Å². The van der Waals surface area contributed by atoms with Crippen LogP contribution in [0.5, 0.6) is 5.75 Å². The van der Waals surface area contributed by atoms with E-state index < -0.39 is 29.6 Å². The van der Waals surface area contributed by atoms with E-state index in [4.69, 9.17) is 25.5 Å². The maximum atomic E-state index is 13.4. The fourth-order valence-electron chi connectivity index (χ4n) is 3.24. The van der Waals surface area contributed by atoms with Crippen LogP contribution < -0.4 is 10.1 Å². The molecule has 1 amide bonds. The first-order valence-electron chi connectivity index (χ1n) is 10.0. The van der Waals surface area contributed by atoms with Crippen LogP contribution in [0, 0.1) is 5.82 Å². The maximum absolute atomic E-state index is 13.4. The van der Waals surface area contributed by atoms with Crippen LogP contribution in [-0.4, -0.2) is 40.3 Å². The number of nitrogens with one attached hydrogen (secondary N) is 1. The van der Waals surface area contributed by atoms with Gasteiger partial charge in [0.1, 0.15) is 17.7 Å². The molecule has 0 spiro atoms. The van der Waals surface area contributed by atoms with Gasteiger partial charge < -0.3 is 19.2 Å². The van der Waals surface area contributed by atoms with Gasteiger partial charge in [-0.1, -0.05) is 11.6 Å². The van der Waals surface area contributed by atoms with Crippen LogP contribution in [0.15, 0.2) is 41.1 Å². The summed E-state index contributed by atoms with van der Waals surface area (Å²) in [5.74, 6) is -0.895. The number of rotatable bonds is 6. The van der Waals surface area contributed by atoms with Crippen LogP contribution in [0.1, 0.15) is 30.4 Å². The molecule has 1 N–H and O–H groups in total. The zero-order valence-corrected chi connectivity index (χ0v) is 18.1. The molecule has 2 aromatic heterocycles. The Hall–Kier alpha value is -3.25. The maximum Gasteiger partial charge on any atom is 0.417 e. The number of hydrogen-bond donors (Lipinski definition) is 1. The van der Waals surface area contributed by atoms with Gasteiger partial charge in [-0.25, -0.2) is 4.39 Å². The summed E-state index contributed by atoms with van der Waals surface area (Å²) < 4.78 is 68.5. The zero-order chi connectivity index (χ0) is 24.3. The Kier molecular flexibility index (Phi) is 6.98. The Morgan fingerprint density at radius 3 is 2.74 bits per heavy atom. The lowest BCUT2D eigenvalue weighted by atomic mass is 10.0. The minimum Gasteiger partial charge on any atom is -0.484 e. The van der Waals surface area contributed by atoms with E-state index in [1.165, 1.54) is 18.3 Å². The van der Waals surface area contributed by atoms with Crippen molar-refractivity contribution in [1.29, 1.82) is 0 Å². The van der Waals surface area contributed by atoms with E-state index in [0.29, 0.717) is 19.0 Å². The van der Waals surface area contributed by atoms with Crippen LogP contribution in [0.25, 0.3) is 11.5 Å². The van der Waals surface area contributed by atoms with Crippen LogP contribution in [0.3, 0.4) is 0 Å². The molecule has 0 bridgehead atoms. The third-order valence-corrected chi connectivity index (χ3v) is 5.24. The van der Waals surface area contributed by atoms with Gasteiger partial charge in [-0.15, -0.1) is 10.2 Å². The number of ether oxygens (including phenoxy) is 2. The molecule has 1 saturated heterocycles. The first-order chi connectivity index (χ1) is 16.2. The molecule has 3 heterocycles. The van der Waals surface area contributed by atoms with Gasteiger partial charge in [0.05, 0.1) is 28.8 Å². The highest BCUT2D eigenvalue weighted by Crippen LogP contribution is 2.33. The molecule has 1 fully saturated rings. The lowest BCUT2D eigenvalue weighted by molar-refractivity contribution is -0.137. The predicted octanol–water partition coefficient (Wildman–Crippen LogP) is 4.36. The first kappa shape index (κ1) is 23.9. The van der Waals surface area contributed by atoms with E-state index in [1.807, 2.05) is 0 Å². The SMILES string of the molecule is O=C(COc1ccc(Cl)c(F)c1)N[C@@H]1CC[C@@H](c2nnc(-c3cncc(C(F)(F)F)c3)o2)OC1. The molecule has 13 heteroatoms. The van der Waals surface area contributed by atoms with Crippen molar-refractivity contribution >= 4 is 17.5 Å². The summed E-state index contributed by atoms with van der Waals surface area (Å²) in [5.41, 5.74) is -0.891. The largest absolute Gasteiger partial charge is 0.484 e. The van der Waals surface area contributed by atoms with Crippen molar-refractivity contribution in [1.82, 2.24) is 20.5 Å². The molecule has 2 atom stereocenters. The van der Waals surface area contributed by atoms with Crippen molar-refractivity contribution in [2.75, 3.05) is 13.2 Å². The standard InChI is InChI=1S/C21H17ClF4N4O4/c22-15-3-2-14(6-16(15)23)32-10-18(31)28-13-1-4-17(33-9-13)20-30-29-19(34-20)11-5-12(8-27-7-11)21(24,25)26/h2-3,5-8,13,17H,1,4,9-10H2,(H,28,31)/t13-,17+/m1/s1. The predicted molar refractivity (Wildman–Crippen MR) is 109 cm³/mol. The van der Waals surface area contributed by atoms with Gasteiger partial charge >= 0.3 is 6.18 Å². The van der Waals surface area contributed by atoms with Crippen molar-refractivity contribution in [3.8, 4) is 17.2 Å². The second-order valence-corrected chi connectivity index (χ2v) is 7.84. The van der Waals surface area contributed by atoms with Crippen molar-refractivity contribution in [3.05, 3.63) is 59.0 Å². The van der Waals surface area contributed by atoms with Gasteiger partial charge in [-0.2, -0.15) is 13.2 Å². The molecule has 0 unspecified atom stereocenters. The number of halogens is 5. The number of nitrogens with zero attached hydrogens (tertiary/aromatic N) is 3. The molecule has 8 nitrogen and oxygen atoms in total. The van der Waals surface area contributed by atoms with Gasteiger partial charge in [-0.05, 0) is 31.0 Å². The average molecular weight is 501 g/mol. The highest BCUT2D eigenvalue weighted by atomic mass is 35.5. The van der Waals surface area contributed by atoms with Gasteiger partial charge in [-0.3, -0.25) is 9.78 Å². The van der Waals surface area contributed by atoms with Crippen molar-refractivity contribution < 1.29 is 36.2 Å². The van der Waals surface area contributed by atoms with E-state index in [2.05, 4.69) is 20.5 Å². The Bertz CT molecular complexity index is 1170. The molecule has 180 valence electrons. The van der Waals surface area contributed by atoms with E-state index in [1.54, 1.807) is 0 Å². The number of hydrogen-bond acceptors (Lipinski definition) is 7. The van der Waals surface area contributed by atoms with E-state index in [9.17, 15) is 22.4 Å². The molecular formula is C21H17ClF4N4O4. The number of benzene rings is 1. The Morgan fingerprint density at radius 1 is 1.21 bits per heavy atom. The second kappa shape index (κ2) is 9.94. The topological polar surface area (TPSA) is 99.4 Å². The zero-order valence-electron chi connectivity index (χ0n) is 17.3. The average Bonchev–Trinajstić information content (AvgIpc) is 3.30. The summed E-state index contributed by atoms with van der Waals surface area (Å²) >= 11 is 5.60. The van der Waals surface area contributed by atoms with Crippen LogP contribution in [0.4, 0.5) is 17.6 Å². The summed E-state index contributed by atoms with van der Waals surface area (Å²) in [7, 11) is 0. The molecule has 34 heavy (non-hydrogen) atoms. The Labute approximate surface area is 195 Å². The molecule has 1 aliphatic rings. The third-order valence-electron chi connectivity index (χ3n) is 4.93. The number of amides is 1. The van der Waals surface area contributed by atoms with Gasteiger partial charge in [0.2, 0.25) is 11.8 Å². The fraction of sp³-hybridized carbons (Fsp3) is 0.333. The molecule has 0 radical (unpaired) electrons. The molecule has 1 aliphatic heterocycles. The summed E-state index contributed by atoms with van der Waals surface area (Å²) in [6, 6.07) is 4.42. The number of carbonyl (C=O) groups is 1. The van der Waals surface area contributed by atoms with Crippen molar-refractivity contribution in [2.45, 2.75) is 31.2 Å². The van der Waals surface area contributed by atoms with Gasteiger partial charge in [0.25, 0.3) is 5.91 Å². The summed E-state index contributed by atoms with van der Waals surface area (Å²) in [6.45, 7) is -0.173. The van der Waals surface area contributed by atoms with E-state index >= 15 is 0 Å². The molecule has 1 aromatic carbocycles. The smallest absolute Gasteiger partial charge is 0.417 e. The number of aromatic nitrogens is 3. The normalized spacial score (nSPS) is 18.5. The highest BCUT2D eigenvalue weighted by Gasteiger charge is 2.32. The molecule has 0 saturated carbocycles. The minimum absolute atomic E-state index is 0.0371. The number of carbonyl (C=O) groups excluding carboxylic acids is 1. The molecular weight excluding hydrogens is 484 g/mol. The minimum atomic E-state index is -4.55. The molecule has 4 rings (SSSR count). The van der Waals surface area contributed by atoms with Crippen LogP contribution in [0.2, 0.25) is 5.02 Å². The quantitative estimate of drug-likeness (QED) is 0.502. The number of alkyl halides is 3. The third kappa shape index (κ3) is 5.81. The molecule has 3 aromatic rings. The van der Waals surface area contributed by atoms with Crippen LogP contribution in [-0.2, 0) is 15.7 Å². The van der Waals surface area contributed by atoms with Crippen LogP contribution >= 0.6 is 11.6 Å². The highest BCUT2D eigenvalue weighted by molar-refractivity contribution is 6.30. The second-order valence-electron chi connectivity index (χ2n) is 7.43. The van der Waals surface area contributed by atoms with Gasteiger partial charge in [0, 0.05) is 18.5 Å². The van der Waals surface area contributed by atoms with E-state index in [0.717, 1.165) is 12.1 Å². The Balaban J connectivity index is 1.27. The van der Waals surface area contributed by atoms with Crippen molar-refractivity contribution in [3.63, 3.8) is 0 Å². The van der Waals surface area contributed by atoms with Gasteiger partial charge in [0.15, 0.2) is 6.61 Å². The number of pyridine rings is 1.